The summed E-state index contributed by atoms with van der Waals surface area (Å²) in [5.74, 6) is -0.396. The number of benzene rings is 1. The molecule has 1 aromatic carbocycles. The number of β-amino-alcohol motifs (C(OH)–C–C–N with tert-alkyl or cyclic N) is 1. The predicted molar refractivity (Wildman–Crippen MR) is 109 cm³/mol. The minimum absolute atomic E-state index is 0.152. The van der Waals surface area contributed by atoms with Crippen molar-refractivity contribution in [3.05, 3.63) is 48.0 Å². The van der Waals surface area contributed by atoms with Crippen molar-refractivity contribution in [2.24, 2.45) is 0 Å². The van der Waals surface area contributed by atoms with E-state index in [0.29, 0.717) is 29.0 Å². The molecule has 2 aliphatic rings. The highest BCUT2D eigenvalue weighted by Gasteiger charge is 2.37. The van der Waals surface area contributed by atoms with Crippen LogP contribution in [0, 0.1) is 0 Å². The fourth-order valence-electron chi connectivity index (χ4n) is 3.25. The number of carboxylic acid groups (broad SMARTS) is 1. The van der Waals surface area contributed by atoms with Gasteiger partial charge in [-0.25, -0.2) is 0 Å². The van der Waals surface area contributed by atoms with Gasteiger partial charge < -0.3 is 29.5 Å². The third kappa shape index (κ3) is 4.25. The number of carbonyl (C=O) groups excluding carboxylic acids is 2. The highest BCUT2D eigenvalue weighted by Crippen LogP contribution is 2.38. The van der Waals surface area contributed by atoms with Crippen LogP contribution in [0.2, 0.25) is 0 Å². The Labute approximate surface area is 174 Å². The highest BCUT2D eigenvalue weighted by atomic mass is 32.1. The fraction of sp³-hybridized carbons (Fsp3) is 0.350. The maximum absolute atomic E-state index is 12.8. The summed E-state index contributed by atoms with van der Waals surface area (Å²) in [5, 5.41) is 20.6. The topological polar surface area (TPSA) is 96.4 Å². The van der Waals surface area contributed by atoms with Crippen LogP contribution in [-0.4, -0.2) is 58.1 Å². The lowest BCUT2D eigenvalue weighted by molar-refractivity contribution is -0.305. The molecule has 8 nitrogen and oxygen atoms in total. The fourth-order valence-corrected chi connectivity index (χ4v) is 3.61. The normalized spacial score (nSPS) is 18.8. The molecule has 0 saturated carbocycles. The summed E-state index contributed by atoms with van der Waals surface area (Å²) >= 11 is 5.39. The Morgan fingerprint density at radius 2 is 1.93 bits per heavy atom. The molecule has 29 heavy (non-hydrogen) atoms. The van der Waals surface area contributed by atoms with Gasteiger partial charge in [-0.1, -0.05) is 19.1 Å². The first-order valence-corrected chi connectivity index (χ1v) is 9.79. The van der Waals surface area contributed by atoms with E-state index < -0.39 is 5.97 Å². The van der Waals surface area contributed by atoms with Crippen molar-refractivity contribution in [3.63, 3.8) is 0 Å². The van der Waals surface area contributed by atoms with E-state index in [2.05, 4.69) is 0 Å². The number of carbonyl (C=O) groups is 2. The first kappa shape index (κ1) is 20.8. The highest BCUT2D eigenvalue weighted by molar-refractivity contribution is 7.80. The number of ether oxygens (including phenoxy) is 1. The maximum atomic E-state index is 12.8. The molecule has 2 aliphatic heterocycles. The summed E-state index contributed by atoms with van der Waals surface area (Å²) in [6, 6.07) is 7.27. The van der Waals surface area contributed by atoms with Crippen LogP contribution < -0.4 is 14.7 Å². The molecule has 1 saturated heterocycles. The molecule has 0 unspecified atom stereocenters. The summed E-state index contributed by atoms with van der Waals surface area (Å²) in [4.78, 5) is 28.5. The Morgan fingerprint density at radius 3 is 2.62 bits per heavy atom. The minimum atomic E-state index is -1.16. The molecule has 0 spiro atoms. The van der Waals surface area contributed by atoms with Crippen LogP contribution in [0.25, 0.3) is 0 Å². The average molecular weight is 416 g/mol. The number of thiocarbonyl (C=S) groups is 1. The van der Waals surface area contributed by atoms with Gasteiger partial charge in [0.25, 0.3) is 5.91 Å². The van der Waals surface area contributed by atoms with E-state index in [1.54, 1.807) is 28.0 Å². The zero-order valence-electron chi connectivity index (χ0n) is 16.0. The molecule has 1 fully saturated rings. The standard InChI is InChI=1S/C20H23N3O5S/c1-2-10-23-19(27)15(22(12-13-24)20(23)29)7-8-17-21(11-9-18(25)26)14-5-3-4-6-16(14)28-17/h3-8,24H,2,9-13H2,1H3,(H,25,26)/p-1/b15-7?,17-8+. The van der Waals surface area contributed by atoms with Gasteiger partial charge >= 0.3 is 0 Å². The van der Waals surface area contributed by atoms with E-state index in [9.17, 15) is 19.8 Å². The van der Waals surface area contributed by atoms with E-state index in [1.807, 2.05) is 25.1 Å². The van der Waals surface area contributed by atoms with E-state index in [4.69, 9.17) is 17.0 Å². The van der Waals surface area contributed by atoms with E-state index >= 15 is 0 Å². The number of rotatable bonds is 8. The summed E-state index contributed by atoms with van der Waals surface area (Å²) in [6.45, 7) is 2.67. The number of allylic oxidation sites excluding steroid dienone is 2. The van der Waals surface area contributed by atoms with E-state index in [0.717, 1.165) is 12.1 Å². The molecule has 0 aromatic heterocycles. The predicted octanol–water partition coefficient (Wildman–Crippen LogP) is 0.582. The minimum Gasteiger partial charge on any atom is -0.550 e. The summed E-state index contributed by atoms with van der Waals surface area (Å²) in [7, 11) is 0. The second-order valence-electron chi connectivity index (χ2n) is 6.51. The van der Waals surface area contributed by atoms with Crippen LogP contribution in [0.15, 0.2) is 48.0 Å². The lowest BCUT2D eigenvalue weighted by Gasteiger charge is -2.19. The molecule has 0 aliphatic carbocycles. The van der Waals surface area contributed by atoms with Crippen molar-refractivity contribution < 1.29 is 24.5 Å². The van der Waals surface area contributed by atoms with Gasteiger partial charge in [-0.2, -0.15) is 0 Å². The largest absolute Gasteiger partial charge is 0.550 e. The van der Waals surface area contributed by atoms with Crippen LogP contribution in [0.1, 0.15) is 19.8 Å². The van der Waals surface area contributed by atoms with Gasteiger partial charge in [0, 0.05) is 38.1 Å². The first-order chi connectivity index (χ1) is 14.0. The quantitative estimate of drug-likeness (QED) is 0.486. The van der Waals surface area contributed by atoms with E-state index in [1.165, 1.54) is 4.90 Å². The Balaban J connectivity index is 1.92. The Kier molecular flexibility index (Phi) is 6.50. The van der Waals surface area contributed by atoms with Crippen molar-refractivity contribution in [2.45, 2.75) is 19.8 Å². The average Bonchev–Trinajstić information content (AvgIpc) is 3.16. The molecule has 1 N–H and O–H groups in total. The zero-order chi connectivity index (χ0) is 21.0. The Hall–Kier alpha value is -2.91. The SMILES string of the molecule is CCCN1C(=O)C(=C/C=C2/Oc3ccccc3N2CCC(=O)[O-])N(CCO)C1=S. The van der Waals surface area contributed by atoms with Crippen molar-refractivity contribution in [1.29, 1.82) is 0 Å². The molecule has 9 heteroatoms. The molecule has 0 bridgehead atoms. The number of amides is 1. The molecule has 0 atom stereocenters. The van der Waals surface area contributed by atoms with Crippen LogP contribution >= 0.6 is 12.2 Å². The Bertz CT molecular complexity index is 883. The number of aliphatic carboxylic acids is 1. The summed E-state index contributed by atoms with van der Waals surface area (Å²) in [6.07, 6.45) is 3.79. The van der Waals surface area contributed by atoms with Gasteiger partial charge in [-0.05, 0) is 36.8 Å². The molecular weight excluding hydrogens is 394 g/mol. The lowest BCUT2D eigenvalue weighted by atomic mass is 10.2. The molecule has 0 radical (unpaired) electrons. The molecule has 3 rings (SSSR count). The summed E-state index contributed by atoms with van der Waals surface area (Å²) in [5.41, 5.74) is 1.08. The number of anilines is 1. The molecule has 1 aromatic rings. The number of carboxylic acids is 1. The third-order valence-corrected chi connectivity index (χ3v) is 4.99. The first-order valence-electron chi connectivity index (χ1n) is 9.38. The number of hydrogen-bond donors (Lipinski definition) is 1. The molecule has 154 valence electrons. The molecule has 2 heterocycles. The number of para-hydroxylation sites is 2. The monoisotopic (exact) mass is 416 g/mol. The van der Waals surface area contributed by atoms with Gasteiger partial charge in [0.05, 0.1) is 12.3 Å². The van der Waals surface area contributed by atoms with Gasteiger partial charge in [0.15, 0.2) is 10.9 Å². The zero-order valence-corrected chi connectivity index (χ0v) is 16.9. The van der Waals surface area contributed by atoms with Gasteiger partial charge in [0.1, 0.15) is 5.70 Å². The number of hydrogen-bond acceptors (Lipinski definition) is 7. The molecular formula is C20H22N3O5S-. The van der Waals surface area contributed by atoms with Crippen LogP contribution in [-0.2, 0) is 9.59 Å². The van der Waals surface area contributed by atoms with Gasteiger partial charge in [0.2, 0.25) is 5.88 Å². The third-order valence-electron chi connectivity index (χ3n) is 4.55. The second-order valence-corrected chi connectivity index (χ2v) is 6.88. The van der Waals surface area contributed by atoms with Crippen molar-refractivity contribution in [1.82, 2.24) is 9.80 Å². The number of nitrogens with zero attached hydrogens (tertiary/aromatic N) is 3. The molecule has 1 amide bonds. The van der Waals surface area contributed by atoms with Crippen LogP contribution in [0.5, 0.6) is 5.75 Å². The lowest BCUT2D eigenvalue weighted by Crippen LogP contribution is -2.34. The maximum Gasteiger partial charge on any atom is 0.276 e. The number of aliphatic hydroxyl groups is 1. The van der Waals surface area contributed by atoms with Crippen molar-refractivity contribution in [2.75, 3.05) is 31.1 Å². The number of fused-ring (bicyclic) bond motifs is 1. The summed E-state index contributed by atoms with van der Waals surface area (Å²) < 4.78 is 5.85. The van der Waals surface area contributed by atoms with E-state index in [-0.39, 0.29) is 32.0 Å². The van der Waals surface area contributed by atoms with Gasteiger partial charge in [-0.15, -0.1) is 0 Å². The van der Waals surface area contributed by atoms with Crippen LogP contribution in [0.3, 0.4) is 0 Å². The van der Waals surface area contributed by atoms with Crippen LogP contribution in [0.4, 0.5) is 5.69 Å². The Morgan fingerprint density at radius 1 is 1.17 bits per heavy atom. The number of aliphatic hydroxyl groups excluding tert-OH is 1. The van der Waals surface area contributed by atoms with Crippen molar-refractivity contribution >= 4 is 34.9 Å². The van der Waals surface area contributed by atoms with Crippen molar-refractivity contribution in [3.8, 4) is 5.75 Å². The smallest absolute Gasteiger partial charge is 0.276 e. The second kappa shape index (κ2) is 9.06. The van der Waals surface area contributed by atoms with Gasteiger partial charge in [-0.3, -0.25) is 9.69 Å².